The minimum atomic E-state index is -0.466. The van der Waals surface area contributed by atoms with Gasteiger partial charge in [-0.15, -0.1) is 0 Å². The van der Waals surface area contributed by atoms with Crippen molar-refractivity contribution in [2.24, 2.45) is 5.92 Å². The molecule has 0 radical (unpaired) electrons. The summed E-state index contributed by atoms with van der Waals surface area (Å²) in [5.74, 6) is -0.535. The molecule has 2 amide bonds. The summed E-state index contributed by atoms with van der Waals surface area (Å²) in [5.41, 5.74) is 0.870. The number of aliphatic hydroxyl groups excluding tert-OH is 1. The van der Waals surface area contributed by atoms with Gasteiger partial charge in [0.2, 0.25) is 0 Å². The predicted octanol–water partition coefficient (Wildman–Crippen LogP) is 2.15. The lowest BCUT2D eigenvalue weighted by atomic mass is 10.1. The average Bonchev–Trinajstić information content (AvgIpc) is 3.00. The van der Waals surface area contributed by atoms with Gasteiger partial charge in [-0.1, -0.05) is 6.92 Å². The highest BCUT2D eigenvalue weighted by molar-refractivity contribution is 5.91. The fraction of sp³-hybridized carbons (Fsp3) is 0.333. The van der Waals surface area contributed by atoms with Crippen molar-refractivity contribution >= 4 is 11.7 Å². The van der Waals surface area contributed by atoms with E-state index < -0.39 is 11.8 Å². The smallest absolute Gasteiger partial charge is 0.319 e. The standard InChI is InChI=1S/C15H19FN4O2/c1-10(9-21)11(2)18-15(22)19-13-8-12(16)4-5-14(13)20-7-3-6-17-20/h3-8,10-11,21H,9H2,1-2H3,(H2,18,19,22). The third-order valence-electron chi connectivity index (χ3n) is 3.46. The van der Waals surface area contributed by atoms with Gasteiger partial charge >= 0.3 is 6.03 Å². The molecule has 0 saturated carbocycles. The van der Waals surface area contributed by atoms with Gasteiger partial charge < -0.3 is 15.7 Å². The molecule has 118 valence electrons. The molecule has 2 unspecified atom stereocenters. The molecule has 6 nitrogen and oxygen atoms in total. The summed E-state index contributed by atoms with van der Waals surface area (Å²) in [6, 6.07) is 5.13. The molecule has 0 aliphatic heterocycles. The van der Waals surface area contributed by atoms with Gasteiger partial charge in [0.1, 0.15) is 5.82 Å². The van der Waals surface area contributed by atoms with E-state index in [0.717, 1.165) is 0 Å². The monoisotopic (exact) mass is 306 g/mol. The molecule has 0 aliphatic rings. The molecule has 0 aliphatic carbocycles. The van der Waals surface area contributed by atoms with Crippen LogP contribution in [0.1, 0.15) is 13.8 Å². The van der Waals surface area contributed by atoms with Crippen LogP contribution < -0.4 is 10.6 Å². The summed E-state index contributed by atoms with van der Waals surface area (Å²) in [6.45, 7) is 3.59. The van der Waals surface area contributed by atoms with E-state index in [1.807, 2.05) is 6.92 Å². The quantitative estimate of drug-likeness (QED) is 0.792. The van der Waals surface area contributed by atoms with Crippen LogP contribution in [0, 0.1) is 11.7 Å². The summed E-state index contributed by atoms with van der Waals surface area (Å²) < 4.78 is 15.0. The normalized spacial score (nSPS) is 13.5. The van der Waals surface area contributed by atoms with Crippen molar-refractivity contribution in [3.63, 3.8) is 0 Å². The van der Waals surface area contributed by atoms with E-state index in [2.05, 4.69) is 15.7 Å². The Bertz CT molecular complexity index is 630. The zero-order valence-corrected chi connectivity index (χ0v) is 12.5. The highest BCUT2D eigenvalue weighted by Gasteiger charge is 2.15. The number of urea groups is 1. The SMILES string of the molecule is CC(CO)C(C)NC(=O)Nc1cc(F)ccc1-n1cccn1. The second-order valence-corrected chi connectivity index (χ2v) is 5.16. The number of carbonyl (C=O) groups is 1. The van der Waals surface area contributed by atoms with E-state index in [1.165, 1.54) is 22.9 Å². The molecule has 0 spiro atoms. The number of nitrogens with zero attached hydrogens (tertiary/aromatic N) is 2. The summed E-state index contributed by atoms with van der Waals surface area (Å²) in [7, 11) is 0. The minimum Gasteiger partial charge on any atom is -0.396 e. The predicted molar refractivity (Wildman–Crippen MR) is 81.4 cm³/mol. The molecule has 1 heterocycles. The van der Waals surface area contributed by atoms with Crippen molar-refractivity contribution in [2.75, 3.05) is 11.9 Å². The summed E-state index contributed by atoms with van der Waals surface area (Å²) >= 11 is 0. The first kappa shape index (κ1) is 16.0. The number of hydrogen-bond acceptors (Lipinski definition) is 3. The Kier molecular flexibility index (Phi) is 5.11. The molecule has 2 atom stereocenters. The van der Waals surface area contributed by atoms with E-state index in [9.17, 15) is 9.18 Å². The molecule has 2 rings (SSSR count). The Morgan fingerprint density at radius 3 is 2.86 bits per heavy atom. The first-order chi connectivity index (χ1) is 10.5. The van der Waals surface area contributed by atoms with Crippen LogP contribution in [0.2, 0.25) is 0 Å². The minimum absolute atomic E-state index is 0.0278. The van der Waals surface area contributed by atoms with Gasteiger partial charge in [-0.3, -0.25) is 0 Å². The Morgan fingerprint density at radius 1 is 1.45 bits per heavy atom. The van der Waals surface area contributed by atoms with Crippen LogP contribution in [0.3, 0.4) is 0 Å². The number of carbonyl (C=O) groups excluding carboxylic acids is 1. The molecule has 0 saturated heterocycles. The first-order valence-corrected chi connectivity index (χ1v) is 6.99. The third kappa shape index (κ3) is 3.82. The number of halogens is 1. The molecule has 0 fully saturated rings. The van der Waals surface area contributed by atoms with Crippen LogP contribution in [0.4, 0.5) is 14.9 Å². The molecule has 7 heteroatoms. The second kappa shape index (κ2) is 7.04. The zero-order valence-electron chi connectivity index (χ0n) is 12.5. The number of nitrogens with one attached hydrogen (secondary N) is 2. The van der Waals surface area contributed by atoms with Gasteiger partial charge in [0, 0.05) is 25.0 Å². The van der Waals surface area contributed by atoms with E-state index in [1.54, 1.807) is 25.4 Å². The maximum Gasteiger partial charge on any atom is 0.319 e. The maximum absolute atomic E-state index is 13.5. The van der Waals surface area contributed by atoms with Crippen LogP contribution in [0.15, 0.2) is 36.7 Å². The lowest BCUT2D eigenvalue weighted by molar-refractivity contribution is 0.204. The second-order valence-electron chi connectivity index (χ2n) is 5.16. The number of aliphatic hydroxyl groups is 1. The van der Waals surface area contributed by atoms with E-state index in [-0.39, 0.29) is 18.6 Å². The van der Waals surface area contributed by atoms with E-state index in [4.69, 9.17) is 5.11 Å². The number of anilines is 1. The van der Waals surface area contributed by atoms with Crippen LogP contribution in [0.5, 0.6) is 0 Å². The van der Waals surface area contributed by atoms with Gasteiger partial charge in [-0.2, -0.15) is 5.10 Å². The maximum atomic E-state index is 13.5. The lowest BCUT2D eigenvalue weighted by Crippen LogP contribution is -2.41. The molecule has 0 bridgehead atoms. The molecule has 1 aromatic carbocycles. The molecule has 3 N–H and O–H groups in total. The van der Waals surface area contributed by atoms with Crippen LogP contribution in [-0.2, 0) is 0 Å². The molecular weight excluding hydrogens is 287 g/mol. The van der Waals surface area contributed by atoms with Crippen molar-refractivity contribution in [3.8, 4) is 5.69 Å². The Hall–Kier alpha value is -2.41. The molecule has 1 aromatic heterocycles. The number of benzene rings is 1. The van der Waals surface area contributed by atoms with Crippen molar-refractivity contribution < 1.29 is 14.3 Å². The van der Waals surface area contributed by atoms with Crippen LogP contribution in [-0.4, -0.2) is 33.6 Å². The first-order valence-electron chi connectivity index (χ1n) is 6.99. The van der Waals surface area contributed by atoms with E-state index in [0.29, 0.717) is 11.4 Å². The lowest BCUT2D eigenvalue weighted by Gasteiger charge is -2.20. The van der Waals surface area contributed by atoms with E-state index >= 15 is 0 Å². The highest BCUT2D eigenvalue weighted by atomic mass is 19.1. The number of amides is 2. The zero-order chi connectivity index (χ0) is 16.1. The van der Waals surface area contributed by atoms with Crippen molar-refractivity contribution in [1.29, 1.82) is 0 Å². The van der Waals surface area contributed by atoms with Gasteiger partial charge in [0.15, 0.2) is 0 Å². The fourth-order valence-electron chi connectivity index (χ4n) is 1.89. The van der Waals surface area contributed by atoms with Crippen molar-refractivity contribution in [2.45, 2.75) is 19.9 Å². The Balaban J connectivity index is 2.15. The highest BCUT2D eigenvalue weighted by Crippen LogP contribution is 2.21. The van der Waals surface area contributed by atoms with Gasteiger partial charge in [-0.05, 0) is 37.1 Å². The summed E-state index contributed by atoms with van der Waals surface area (Å²) in [6.07, 6.45) is 3.30. The average molecular weight is 306 g/mol. The topological polar surface area (TPSA) is 79.2 Å². The third-order valence-corrected chi connectivity index (χ3v) is 3.46. The van der Waals surface area contributed by atoms with Gasteiger partial charge in [0.05, 0.1) is 11.4 Å². The molecular formula is C15H19FN4O2. The summed E-state index contributed by atoms with van der Waals surface area (Å²) in [4.78, 5) is 12.0. The fourth-order valence-corrected chi connectivity index (χ4v) is 1.89. The number of rotatable bonds is 5. The van der Waals surface area contributed by atoms with Crippen molar-refractivity contribution in [3.05, 3.63) is 42.5 Å². The van der Waals surface area contributed by atoms with Crippen LogP contribution >= 0.6 is 0 Å². The van der Waals surface area contributed by atoms with Gasteiger partial charge in [0.25, 0.3) is 0 Å². The Labute approximate surface area is 128 Å². The van der Waals surface area contributed by atoms with Gasteiger partial charge in [-0.25, -0.2) is 13.9 Å². The molecule has 22 heavy (non-hydrogen) atoms. The summed E-state index contributed by atoms with van der Waals surface area (Å²) in [5, 5.41) is 18.5. The van der Waals surface area contributed by atoms with Crippen molar-refractivity contribution in [1.82, 2.24) is 15.1 Å². The number of hydrogen-bond donors (Lipinski definition) is 3. The molecule has 2 aromatic rings. The Morgan fingerprint density at radius 2 is 2.23 bits per heavy atom. The van der Waals surface area contributed by atoms with Crippen LogP contribution in [0.25, 0.3) is 5.69 Å². The largest absolute Gasteiger partial charge is 0.396 e. The number of aromatic nitrogens is 2.